The van der Waals surface area contributed by atoms with Crippen LogP contribution in [-0.2, 0) is 4.79 Å². The second-order valence-electron chi connectivity index (χ2n) is 5.77. The number of amides is 2. The van der Waals surface area contributed by atoms with Gasteiger partial charge in [0.15, 0.2) is 0 Å². The van der Waals surface area contributed by atoms with Crippen molar-refractivity contribution < 1.29 is 14.3 Å². The van der Waals surface area contributed by atoms with E-state index >= 15 is 0 Å². The zero-order valence-corrected chi connectivity index (χ0v) is 15.6. The number of halogens is 1. The van der Waals surface area contributed by atoms with Gasteiger partial charge in [0.05, 0.1) is 12.2 Å². The van der Waals surface area contributed by atoms with Crippen molar-refractivity contribution in [1.82, 2.24) is 15.5 Å². The molecule has 0 bridgehead atoms. The van der Waals surface area contributed by atoms with Crippen molar-refractivity contribution in [1.29, 1.82) is 0 Å². The average molecular weight is 370 g/mol. The van der Waals surface area contributed by atoms with Gasteiger partial charge >= 0.3 is 0 Å². The minimum absolute atomic E-state index is 0. The molecular weight excluding hydrogens is 342 g/mol. The molecule has 2 rings (SSSR count). The fourth-order valence-corrected chi connectivity index (χ4v) is 2.73. The summed E-state index contributed by atoms with van der Waals surface area (Å²) in [5.74, 6) is 0.596. The maximum absolute atomic E-state index is 12.2. The lowest BCUT2D eigenvalue weighted by Gasteiger charge is -2.19. The van der Waals surface area contributed by atoms with Crippen molar-refractivity contribution >= 4 is 24.2 Å². The van der Waals surface area contributed by atoms with Crippen LogP contribution in [0.3, 0.4) is 0 Å². The van der Waals surface area contributed by atoms with Crippen LogP contribution in [0.25, 0.3) is 0 Å². The molecular formula is C18H28ClN3O3. The highest BCUT2D eigenvalue weighted by Gasteiger charge is 2.15. The lowest BCUT2D eigenvalue weighted by atomic mass is 10.2. The summed E-state index contributed by atoms with van der Waals surface area (Å²) in [4.78, 5) is 26.3. The van der Waals surface area contributed by atoms with E-state index in [1.165, 1.54) is 0 Å². The molecule has 1 heterocycles. The summed E-state index contributed by atoms with van der Waals surface area (Å²) < 4.78 is 5.47. The van der Waals surface area contributed by atoms with Crippen LogP contribution in [-0.4, -0.2) is 56.0 Å². The molecule has 1 aliphatic heterocycles. The van der Waals surface area contributed by atoms with Gasteiger partial charge < -0.3 is 20.3 Å². The van der Waals surface area contributed by atoms with Crippen LogP contribution in [0, 0.1) is 0 Å². The van der Waals surface area contributed by atoms with E-state index in [-0.39, 0.29) is 24.2 Å². The third kappa shape index (κ3) is 6.92. The van der Waals surface area contributed by atoms with E-state index in [0.717, 1.165) is 32.6 Å². The fourth-order valence-electron chi connectivity index (χ4n) is 2.73. The van der Waals surface area contributed by atoms with Crippen LogP contribution in [0.1, 0.15) is 36.5 Å². The van der Waals surface area contributed by atoms with Gasteiger partial charge in [-0.3, -0.25) is 9.59 Å². The minimum atomic E-state index is -0.162. The summed E-state index contributed by atoms with van der Waals surface area (Å²) >= 11 is 0. The van der Waals surface area contributed by atoms with Crippen molar-refractivity contribution in [3.05, 3.63) is 29.8 Å². The van der Waals surface area contributed by atoms with Crippen LogP contribution in [0.2, 0.25) is 0 Å². The molecule has 140 valence electrons. The van der Waals surface area contributed by atoms with Gasteiger partial charge in [-0.1, -0.05) is 12.1 Å². The van der Waals surface area contributed by atoms with E-state index < -0.39 is 0 Å². The molecule has 0 aliphatic carbocycles. The van der Waals surface area contributed by atoms with Crippen molar-refractivity contribution in [2.45, 2.75) is 26.2 Å². The van der Waals surface area contributed by atoms with Crippen LogP contribution < -0.4 is 15.4 Å². The van der Waals surface area contributed by atoms with Gasteiger partial charge in [0.2, 0.25) is 5.91 Å². The van der Waals surface area contributed by atoms with Crippen molar-refractivity contribution in [3.8, 4) is 5.75 Å². The lowest BCUT2D eigenvalue weighted by Crippen LogP contribution is -2.34. The van der Waals surface area contributed by atoms with Gasteiger partial charge in [-0.25, -0.2) is 0 Å². The van der Waals surface area contributed by atoms with E-state index in [2.05, 4.69) is 10.6 Å². The van der Waals surface area contributed by atoms with Gasteiger partial charge in [0, 0.05) is 32.6 Å². The second-order valence-corrected chi connectivity index (χ2v) is 5.77. The maximum atomic E-state index is 12.2. The maximum Gasteiger partial charge on any atom is 0.255 e. The zero-order chi connectivity index (χ0) is 17.2. The lowest BCUT2D eigenvalue weighted by molar-refractivity contribution is -0.131. The van der Waals surface area contributed by atoms with Crippen LogP contribution >= 0.6 is 12.4 Å². The summed E-state index contributed by atoms with van der Waals surface area (Å²) in [5.41, 5.74) is 0.532. The number of carbonyl (C=O) groups excluding carboxylic acids is 2. The van der Waals surface area contributed by atoms with Crippen molar-refractivity contribution in [2.75, 3.05) is 39.3 Å². The standard InChI is InChI=1S/C18H27N3O3.ClH/c1-2-24-16-8-4-3-7-15(16)18(23)20-11-5-9-17(22)21-13-6-10-19-12-14-21;/h3-4,7-8,19H,2,5-6,9-14H2,1H3,(H,20,23);1H. The predicted octanol–water partition coefficient (Wildman–Crippen LogP) is 1.84. The van der Waals surface area contributed by atoms with E-state index in [1.54, 1.807) is 12.1 Å². The number of benzene rings is 1. The molecule has 1 aromatic rings. The highest BCUT2D eigenvalue weighted by Crippen LogP contribution is 2.17. The molecule has 0 unspecified atom stereocenters. The Bertz CT molecular complexity index is 546. The van der Waals surface area contributed by atoms with Gasteiger partial charge in [0.1, 0.15) is 5.75 Å². The van der Waals surface area contributed by atoms with Gasteiger partial charge in [0.25, 0.3) is 5.91 Å². The molecule has 0 atom stereocenters. The Labute approximate surface area is 155 Å². The molecule has 1 fully saturated rings. The Morgan fingerprint density at radius 2 is 2.04 bits per heavy atom. The molecule has 2 N–H and O–H groups in total. The Balaban J connectivity index is 0.00000312. The summed E-state index contributed by atoms with van der Waals surface area (Å²) in [6, 6.07) is 7.19. The monoisotopic (exact) mass is 369 g/mol. The first-order valence-corrected chi connectivity index (χ1v) is 8.71. The Hall–Kier alpha value is -1.79. The summed E-state index contributed by atoms with van der Waals surface area (Å²) in [6.07, 6.45) is 2.11. The van der Waals surface area contributed by atoms with E-state index in [0.29, 0.717) is 37.3 Å². The number of nitrogens with one attached hydrogen (secondary N) is 2. The van der Waals surface area contributed by atoms with E-state index in [4.69, 9.17) is 4.74 Å². The molecule has 1 saturated heterocycles. The largest absolute Gasteiger partial charge is 0.493 e. The number of rotatable bonds is 7. The highest BCUT2D eigenvalue weighted by molar-refractivity contribution is 5.96. The second kappa shape index (κ2) is 11.7. The van der Waals surface area contributed by atoms with E-state index in [1.807, 2.05) is 24.0 Å². The molecule has 2 amide bonds. The van der Waals surface area contributed by atoms with Crippen molar-refractivity contribution in [2.24, 2.45) is 0 Å². The molecule has 0 saturated carbocycles. The molecule has 0 radical (unpaired) electrons. The fraction of sp³-hybridized carbons (Fsp3) is 0.556. The number of carbonyl (C=O) groups is 2. The SMILES string of the molecule is CCOc1ccccc1C(=O)NCCCC(=O)N1CCCNCC1.Cl. The van der Waals surface area contributed by atoms with E-state index in [9.17, 15) is 9.59 Å². The molecule has 7 heteroatoms. The molecule has 6 nitrogen and oxygen atoms in total. The number of ether oxygens (including phenoxy) is 1. The molecule has 0 aromatic heterocycles. The third-order valence-electron chi connectivity index (χ3n) is 3.98. The molecule has 25 heavy (non-hydrogen) atoms. The number of hydrogen-bond donors (Lipinski definition) is 2. The first kappa shape index (κ1) is 21.3. The average Bonchev–Trinajstić information content (AvgIpc) is 2.88. The van der Waals surface area contributed by atoms with Crippen molar-refractivity contribution in [3.63, 3.8) is 0 Å². The topological polar surface area (TPSA) is 70.7 Å². The third-order valence-corrected chi connectivity index (χ3v) is 3.98. The predicted molar refractivity (Wildman–Crippen MR) is 100 cm³/mol. The molecule has 1 aromatic carbocycles. The summed E-state index contributed by atoms with van der Waals surface area (Å²) in [5, 5.41) is 6.15. The van der Waals surface area contributed by atoms with Crippen LogP contribution in [0.15, 0.2) is 24.3 Å². The highest BCUT2D eigenvalue weighted by atomic mass is 35.5. The number of hydrogen-bond acceptors (Lipinski definition) is 4. The van der Waals surface area contributed by atoms with Crippen LogP contribution in [0.4, 0.5) is 0 Å². The normalized spacial score (nSPS) is 14.2. The number of para-hydroxylation sites is 1. The first-order chi connectivity index (χ1) is 11.7. The van der Waals surface area contributed by atoms with Gasteiger partial charge in [-0.05, 0) is 38.4 Å². The Kier molecular flexibility index (Phi) is 9.96. The molecule has 0 spiro atoms. The molecule has 1 aliphatic rings. The quantitative estimate of drug-likeness (QED) is 0.719. The van der Waals surface area contributed by atoms with Crippen LogP contribution in [0.5, 0.6) is 5.75 Å². The first-order valence-electron chi connectivity index (χ1n) is 8.71. The summed E-state index contributed by atoms with van der Waals surface area (Å²) in [7, 11) is 0. The smallest absolute Gasteiger partial charge is 0.255 e. The zero-order valence-electron chi connectivity index (χ0n) is 14.8. The van der Waals surface area contributed by atoms with Gasteiger partial charge in [-0.15, -0.1) is 12.4 Å². The minimum Gasteiger partial charge on any atom is -0.493 e. The number of nitrogens with zero attached hydrogens (tertiary/aromatic N) is 1. The van der Waals surface area contributed by atoms with Gasteiger partial charge in [-0.2, -0.15) is 0 Å². The Morgan fingerprint density at radius 1 is 1.24 bits per heavy atom. The Morgan fingerprint density at radius 3 is 2.84 bits per heavy atom. The summed E-state index contributed by atoms with van der Waals surface area (Å²) in [6.45, 7) is 6.31.